The zero-order chi connectivity index (χ0) is 23.7. The van der Waals surface area contributed by atoms with Gasteiger partial charge >= 0.3 is 6.36 Å². The number of piperidine rings is 1. The summed E-state index contributed by atoms with van der Waals surface area (Å²) in [7, 11) is 0. The number of alkyl halides is 3. The predicted molar refractivity (Wildman–Crippen MR) is 119 cm³/mol. The molecule has 3 aromatic rings. The summed E-state index contributed by atoms with van der Waals surface area (Å²) in [5.74, 6) is 0.911. The summed E-state index contributed by atoms with van der Waals surface area (Å²) in [6.45, 7) is 4.39. The fourth-order valence-electron chi connectivity index (χ4n) is 5.13. The third-order valence-corrected chi connectivity index (χ3v) is 6.80. The van der Waals surface area contributed by atoms with Crippen LogP contribution in [0.4, 0.5) is 13.2 Å². The third-order valence-electron chi connectivity index (χ3n) is 6.80. The molecule has 180 valence electrons. The second-order valence-electron chi connectivity index (χ2n) is 9.18. The number of aromatic nitrogens is 3. The average Bonchev–Trinajstić information content (AvgIpc) is 3.42. The first kappa shape index (κ1) is 22.6. The highest BCUT2D eigenvalue weighted by atomic mass is 19.4. The van der Waals surface area contributed by atoms with Crippen LogP contribution in [-0.4, -0.2) is 63.7 Å². The molecular weight excluding hydrogens is 447 g/mol. The van der Waals surface area contributed by atoms with Crippen molar-refractivity contribution in [3.8, 4) is 5.75 Å². The van der Waals surface area contributed by atoms with Gasteiger partial charge in [-0.25, -0.2) is 0 Å². The molecule has 2 aliphatic heterocycles. The van der Waals surface area contributed by atoms with E-state index in [0.29, 0.717) is 24.7 Å². The summed E-state index contributed by atoms with van der Waals surface area (Å²) in [6, 6.07) is 11.9. The number of ether oxygens (including phenoxy) is 1. The number of hydrogen-bond acceptors (Lipinski definition) is 5. The number of nitrogens with one attached hydrogen (secondary N) is 1. The molecule has 0 aliphatic carbocycles. The topological polar surface area (TPSA) is 74.3 Å². The minimum Gasteiger partial charge on any atom is -0.406 e. The number of hydrogen-bond donors (Lipinski definition) is 1. The molecular formula is C24H26F3N5O2. The van der Waals surface area contributed by atoms with Gasteiger partial charge in [0, 0.05) is 39.1 Å². The summed E-state index contributed by atoms with van der Waals surface area (Å²) in [4.78, 5) is 17.2. The van der Waals surface area contributed by atoms with Crippen LogP contribution in [0, 0.1) is 11.8 Å². The van der Waals surface area contributed by atoms with E-state index >= 15 is 0 Å². The van der Waals surface area contributed by atoms with E-state index in [1.807, 2.05) is 11.0 Å². The first-order valence-corrected chi connectivity index (χ1v) is 11.5. The van der Waals surface area contributed by atoms with Gasteiger partial charge in [-0.05, 0) is 60.1 Å². The summed E-state index contributed by atoms with van der Waals surface area (Å²) in [5.41, 5.74) is 3.75. The van der Waals surface area contributed by atoms with Crippen LogP contribution in [0.25, 0.3) is 11.0 Å². The zero-order valence-electron chi connectivity index (χ0n) is 18.6. The van der Waals surface area contributed by atoms with Crippen molar-refractivity contribution in [1.82, 2.24) is 25.2 Å². The van der Waals surface area contributed by atoms with Crippen LogP contribution in [0.15, 0.2) is 42.5 Å². The molecule has 2 atom stereocenters. The fraction of sp³-hybridized carbons (Fsp3) is 0.458. The Kier molecular flexibility index (Phi) is 6.16. The lowest BCUT2D eigenvalue weighted by molar-refractivity contribution is -0.274. The number of rotatable bonds is 6. The monoisotopic (exact) mass is 473 g/mol. The number of nitrogens with zero attached hydrogens (tertiary/aromatic N) is 4. The minimum atomic E-state index is -4.70. The number of fused-ring (bicyclic) bond motifs is 2. The van der Waals surface area contributed by atoms with Crippen molar-refractivity contribution in [2.75, 3.05) is 26.2 Å². The smallest absolute Gasteiger partial charge is 0.406 e. The van der Waals surface area contributed by atoms with Crippen molar-refractivity contribution in [2.24, 2.45) is 11.8 Å². The molecule has 3 heterocycles. The number of benzene rings is 2. The van der Waals surface area contributed by atoms with Gasteiger partial charge in [0.05, 0.1) is 0 Å². The lowest BCUT2D eigenvalue weighted by atomic mass is 9.88. The van der Waals surface area contributed by atoms with Gasteiger partial charge in [0.15, 0.2) is 0 Å². The second-order valence-corrected chi connectivity index (χ2v) is 9.18. The number of aromatic amines is 1. The van der Waals surface area contributed by atoms with Crippen LogP contribution in [0.1, 0.15) is 24.0 Å². The number of amides is 1. The maximum atomic E-state index is 12.8. The first-order chi connectivity index (χ1) is 16.3. The Balaban J connectivity index is 1.10. The van der Waals surface area contributed by atoms with Gasteiger partial charge < -0.3 is 9.64 Å². The van der Waals surface area contributed by atoms with Gasteiger partial charge in [-0.3, -0.25) is 9.69 Å². The molecule has 2 fully saturated rings. The summed E-state index contributed by atoms with van der Waals surface area (Å²) in [5, 5.41) is 10.9. The van der Waals surface area contributed by atoms with Crippen LogP contribution in [0.3, 0.4) is 0 Å². The lowest BCUT2D eigenvalue weighted by Gasteiger charge is -2.34. The van der Waals surface area contributed by atoms with E-state index in [9.17, 15) is 18.0 Å². The normalized spacial score (nSPS) is 21.1. The van der Waals surface area contributed by atoms with Crippen molar-refractivity contribution in [3.63, 3.8) is 0 Å². The maximum absolute atomic E-state index is 12.8. The Morgan fingerprint density at radius 2 is 1.74 bits per heavy atom. The van der Waals surface area contributed by atoms with E-state index in [2.05, 4.69) is 37.2 Å². The summed E-state index contributed by atoms with van der Waals surface area (Å²) >= 11 is 0. The molecule has 0 radical (unpaired) electrons. The zero-order valence-corrected chi connectivity index (χ0v) is 18.6. The van der Waals surface area contributed by atoms with E-state index < -0.39 is 6.36 Å². The number of carbonyl (C=O) groups is 1. The standard InChI is InChI=1S/C24H26F3N5O2/c25-24(26,27)34-20-5-1-16(2-6-20)4-8-23(33)32-10-9-18-13-31(14-19(18)15-32)12-17-3-7-21-22(11-17)29-30-28-21/h1-3,5-7,11,18-19H,4,8-10,12-15H2,(H,28,29,30)/t18-,19+/m0/s1. The molecule has 0 saturated carbocycles. The highest BCUT2D eigenvalue weighted by Gasteiger charge is 2.38. The molecule has 0 unspecified atom stereocenters. The SMILES string of the molecule is O=C(CCc1ccc(OC(F)(F)F)cc1)N1CC[C@H]2CN(Cc3ccc4n[nH]nc4c3)C[C@@H]2C1. The lowest BCUT2D eigenvalue weighted by Crippen LogP contribution is -2.43. The number of aryl methyl sites for hydroxylation is 1. The second kappa shape index (κ2) is 9.25. The van der Waals surface area contributed by atoms with Gasteiger partial charge in [-0.15, -0.1) is 13.2 Å². The van der Waals surface area contributed by atoms with E-state index in [0.717, 1.165) is 55.7 Å². The molecule has 0 bridgehead atoms. The van der Waals surface area contributed by atoms with Crippen LogP contribution in [0.2, 0.25) is 0 Å². The Hall–Kier alpha value is -3.14. The molecule has 34 heavy (non-hydrogen) atoms. The van der Waals surface area contributed by atoms with Gasteiger partial charge in [0.25, 0.3) is 0 Å². The molecule has 5 rings (SSSR count). The van der Waals surface area contributed by atoms with E-state index in [1.165, 1.54) is 17.7 Å². The molecule has 2 aromatic carbocycles. The molecule has 2 aliphatic rings. The van der Waals surface area contributed by atoms with E-state index in [1.54, 1.807) is 12.1 Å². The van der Waals surface area contributed by atoms with Crippen LogP contribution >= 0.6 is 0 Å². The van der Waals surface area contributed by atoms with Gasteiger partial charge in [-0.1, -0.05) is 18.2 Å². The van der Waals surface area contributed by atoms with Crippen LogP contribution < -0.4 is 4.74 Å². The first-order valence-electron chi connectivity index (χ1n) is 11.5. The molecule has 1 aromatic heterocycles. The Morgan fingerprint density at radius 1 is 1.00 bits per heavy atom. The predicted octanol–water partition coefficient (Wildman–Crippen LogP) is 3.77. The average molecular weight is 473 g/mol. The Labute approximate surface area is 194 Å². The number of halogens is 3. The Bertz CT molecular complexity index is 1150. The Morgan fingerprint density at radius 3 is 2.53 bits per heavy atom. The van der Waals surface area contributed by atoms with Gasteiger partial charge in [-0.2, -0.15) is 15.4 Å². The van der Waals surface area contributed by atoms with E-state index in [4.69, 9.17) is 0 Å². The highest BCUT2D eigenvalue weighted by molar-refractivity contribution is 5.76. The summed E-state index contributed by atoms with van der Waals surface area (Å²) < 4.78 is 40.8. The van der Waals surface area contributed by atoms with Gasteiger partial charge in [0.2, 0.25) is 5.91 Å². The minimum absolute atomic E-state index is 0.101. The molecule has 2 saturated heterocycles. The molecule has 1 amide bonds. The van der Waals surface area contributed by atoms with Crippen LogP contribution in [-0.2, 0) is 17.8 Å². The third kappa shape index (κ3) is 5.32. The maximum Gasteiger partial charge on any atom is 0.573 e. The summed E-state index contributed by atoms with van der Waals surface area (Å²) in [6.07, 6.45) is -2.87. The van der Waals surface area contributed by atoms with E-state index in [-0.39, 0.29) is 11.7 Å². The van der Waals surface area contributed by atoms with Crippen molar-refractivity contribution in [2.45, 2.75) is 32.2 Å². The fourth-order valence-corrected chi connectivity index (χ4v) is 5.13. The van der Waals surface area contributed by atoms with Crippen molar-refractivity contribution < 1.29 is 22.7 Å². The van der Waals surface area contributed by atoms with Gasteiger partial charge in [0.1, 0.15) is 16.8 Å². The molecule has 7 nitrogen and oxygen atoms in total. The largest absolute Gasteiger partial charge is 0.573 e. The van der Waals surface area contributed by atoms with Crippen LogP contribution in [0.5, 0.6) is 5.75 Å². The quantitative estimate of drug-likeness (QED) is 0.590. The number of H-pyrrole nitrogens is 1. The van der Waals surface area contributed by atoms with Crippen molar-refractivity contribution in [3.05, 3.63) is 53.6 Å². The molecule has 1 N–H and O–H groups in total. The highest BCUT2D eigenvalue weighted by Crippen LogP contribution is 2.32. The number of carbonyl (C=O) groups excluding carboxylic acids is 1. The van der Waals surface area contributed by atoms with Crippen molar-refractivity contribution in [1.29, 1.82) is 0 Å². The van der Waals surface area contributed by atoms with Crippen molar-refractivity contribution >= 4 is 16.9 Å². The molecule has 0 spiro atoms. The molecule has 10 heteroatoms. The number of likely N-dealkylation sites (tertiary alicyclic amines) is 2.